The smallest absolute Gasteiger partial charge is 0.351 e. The molecule has 216 valence electrons. The molecule has 0 aliphatic carbocycles. The van der Waals surface area contributed by atoms with E-state index in [4.69, 9.17) is 13.6 Å². The maximum absolute atomic E-state index is 13.2. The van der Waals surface area contributed by atoms with Crippen LogP contribution in [-0.2, 0) is 13.6 Å². The number of rotatable bonds is 8. The van der Waals surface area contributed by atoms with E-state index in [1.807, 2.05) is 6.07 Å². The summed E-state index contributed by atoms with van der Waals surface area (Å²) in [6, 6.07) is 10.2. The van der Waals surface area contributed by atoms with Crippen molar-refractivity contribution in [3.05, 3.63) is 58.6 Å². The molecule has 2 heterocycles. The highest BCUT2D eigenvalue weighted by molar-refractivity contribution is 6.74. The molecule has 2 aromatic rings. The molecular weight excluding hydrogens is 530 g/mol. The minimum atomic E-state index is -2.36. The lowest BCUT2D eigenvalue weighted by Gasteiger charge is -2.40. The van der Waals surface area contributed by atoms with Gasteiger partial charge in [-0.3, -0.25) is 9.36 Å². The Morgan fingerprint density at radius 3 is 2.15 bits per heavy atom. The third-order valence-corrected chi connectivity index (χ3v) is 17.3. The highest BCUT2D eigenvalue weighted by Gasteiger charge is 2.51. The molecule has 4 atom stereocenters. The van der Waals surface area contributed by atoms with Crippen molar-refractivity contribution in [1.29, 1.82) is 0 Å². The van der Waals surface area contributed by atoms with Gasteiger partial charge in [0.2, 0.25) is 0 Å². The molecule has 0 bridgehead atoms. The minimum absolute atomic E-state index is 0.00608. The number of aliphatic hydroxyl groups is 1. The number of amides is 1. The van der Waals surface area contributed by atoms with E-state index in [2.05, 4.69) is 78.0 Å². The Labute approximate surface area is 234 Å². The van der Waals surface area contributed by atoms with Crippen LogP contribution in [-0.4, -0.2) is 62.1 Å². The normalized spacial score (nSPS) is 22.6. The Morgan fingerprint density at radius 1 is 1.03 bits per heavy atom. The first-order valence-electron chi connectivity index (χ1n) is 13.4. The predicted octanol–water partition coefficient (Wildman–Crippen LogP) is 5.17. The van der Waals surface area contributed by atoms with E-state index in [1.165, 1.54) is 10.8 Å². The molecule has 1 saturated heterocycles. The molecule has 3 rings (SSSR count). The summed E-state index contributed by atoms with van der Waals surface area (Å²) in [5, 5.41) is 13.9. The summed E-state index contributed by atoms with van der Waals surface area (Å²) >= 11 is 0. The van der Waals surface area contributed by atoms with Gasteiger partial charge in [0.15, 0.2) is 22.9 Å². The first-order chi connectivity index (χ1) is 17.8. The van der Waals surface area contributed by atoms with E-state index >= 15 is 0 Å². The van der Waals surface area contributed by atoms with Crippen molar-refractivity contribution in [3.8, 4) is 0 Å². The third kappa shape index (κ3) is 7.14. The molecule has 9 nitrogen and oxygen atoms in total. The summed E-state index contributed by atoms with van der Waals surface area (Å²) in [5.41, 5.74) is -0.161. The average molecular weight is 576 g/mol. The molecule has 1 aromatic carbocycles. The van der Waals surface area contributed by atoms with Crippen LogP contribution in [0.1, 0.15) is 58.1 Å². The molecule has 2 N–H and O–H groups in total. The average Bonchev–Trinajstić information content (AvgIpc) is 3.11. The summed E-state index contributed by atoms with van der Waals surface area (Å²) in [5.74, 6) is -0.238. The molecule has 0 spiro atoms. The van der Waals surface area contributed by atoms with Crippen LogP contribution in [0.25, 0.3) is 0 Å². The molecule has 0 saturated carbocycles. The number of carbonyl (C=O) groups excluding carboxylic acids is 1. The Balaban J connectivity index is 1.89. The zero-order valence-corrected chi connectivity index (χ0v) is 26.9. The third-order valence-electron chi connectivity index (χ3n) is 8.35. The van der Waals surface area contributed by atoms with E-state index in [0.717, 1.165) is 0 Å². The van der Waals surface area contributed by atoms with Crippen LogP contribution in [0, 0.1) is 0 Å². The fourth-order valence-electron chi connectivity index (χ4n) is 3.68. The Morgan fingerprint density at radius 2 is 1.62 bits per heavy atom. The molecule has 11 heteroatoms. The van der Waals surface area contributed by atoms with Gasteiger partial charge in [-0.25, -0.2) is 4.79 Å². The molecular formula is C28H45N3O6Si2. The summed E-state index contributed by atoms with van der Waals surface area (Å²) in [6.07, 6.45) is -1.85. The van der Waals surface area contributed by atoms with Gasteiger partial charge in [-0.1, -0.05) is 59.7 Å². The number of ether oxygens (including phenoxy) is 1. The number of aliphatic hydroxyl groups excluding tert-OH is 1. The minimum Gasteiger partial charge on any atom is -0.414 e. The zero-order valence-electron chi connectivity index (χ0n) is 24.9. The molecule has 1 aromatic heterocycles. The van der Waals surface area contributed by atoms with Gasteiger partial charge in [-0.15, -0.1) is 0 Å². The number of nitrogens with zero attached hydrogens (tertiary/aromatic N) is 2. The topological polar surface area (TPSA) is 112 Å². The Hall–Kier alpha value is -2.16. The molecule has 2 unspecified atom stereocenters. The lowest BCUT2D eigenvalue weighted by Crippen LogP contribution is -2.50. The van der Waals surface area contributed by atoms with Crippen LogP contribution in [0.3, 0.4) is 0 Å². The highest BCUT2D eigenvalue weighted by Crippen LogP contribution is 2.42. The number of carbonyl (C=O) groups is 1. The lowest BCUT2D eigenvalue weighted by atomic mass is 10.1. The zero-order chi connectivity index (χ0) is 29.4. The lowest BCUT2D eigenvalue weighted by molar-refractivity contribution is -0.0513. The standard InChI is InChI=1S/C28H45N3O6Si2/c1-27(2,3)38(7,8)35-18-20-22(32)23(37-39(9,10)28(4,5)6)25(36-20)31-17-16-21(30-26(31)34)29-24(33)19-14-12-11-13-15-19/h11-17,20,22-23,25,32H,18H2,1-10H3,(H,29,30,33,34)/t20-,22?,23?,25-/m1/s1. The van der Waals surface area contributed by atoms with Crippen molar-refractivity contribution in [2.24, 2.45) is 0 Å². The number of hydrogen-bond acceptors (Lipinski definition) is 7. The fourth-order valence-corrected chi connectivity index (χ4v) is 5.99. The van der Waals surface area contributed by atoms with E-state index < -0.39 is 46.9 Å². The number of hydrogen-bond donors (Lipinski definition) is 2. The number of aromatic nitrogens is 2. The number of benzene rings is 1. The van der Waals surface area contributed by atoms with E-state index in [0.29, 0.717) is 5.56 Å². The van der Waals surface area contributed by atoms with Crippen molar-refractivity contribution in [2.45, 2.75) is 102 Å². The van der Waals surface area contributed by atoms with Crippen LogP contribution in [0.15, 0.2) is 47.4 Å². The van der Waals surface area contributed by atoms with Gasteiger partial charge in [0.1, 0.15) is 24.1 Å². The van der Waals surface area contributed by atoms with E-state index in [9.17, 15) is 14.7 Å². The van der Waals surface area contributed by atoms with Crippen molar-refractivity contribution in [3.63, 3.8) is 0 Å². The SMILES string of the molecule is CC(C)(C)[Si](C)(C)OC[C@H]1O[C@@H](n2ccc(NC(=O)c3ccccc3)nc2=O)C(O[Si](C)(C)C(C)(C)C)C1O. The number of nitrogens with one attached hydrogen (secondary N) is 1. The molecule has 1 fully saturated rings. The van der Waals surface area contributed by atoms with Crippen LogP contribution < -0.4 is 11.0 Å². The molecule has 0 radical (unpaired) electrons. The molecule has 39 heavy (non-hydrogen) atoms. The molecule has 1 aliphatic rings. The Kier molecular flexibility index (Phi) is 9.15. The second kappa shape index (κ2) is 11.4. The van der Waals surface area contributed by atoms with Crippen LogP contribution in [0.4, 0.5) is 5.82 Å². The van der Waals surface area contributed by atoms with E-state index in [-0.39, 0.29) is 28.4 Å². The maximum Gasteiger partial charge on any atom is 0.351 e. The highest BCUT2D eigenvalue weighted by atomic mass is 28.4. The largest absolute Gasteiger partial charge is 0.414 e. The van der Waals surface area contributed by atoms with E-state index in [1.54, 1.807) is 30.3 Å². The summed E-state index contributed by atoms with van der Waals surface area (Å²) in [7, 11) is -4.47. The molecule has 1 aliphatic heterocycles. The van der Waals surface area contributed by atoms with Gasteiger partial charge in [-0.05, 0) is 54.5 Å². The van der Waals surface area contributed by atoms with Gasteiger partial charge in [0.25, 0.3) is 5.91 Å². The first-order valence-corrected chi connectivity index (χ1v) is 19.3. The Bertz CT molecular complexity index is 1200. The number of anilines is 1. The fraction of sp³-hybridized carbons (Fsp3) is 0.607. The van der Waals surface area contributed by atoms with Crippen molar-refractivity contribution < 1.29 is 23.5 Å². The van der Waals surface area contributed by atoms with Crippen LogP contribution in [0.5, 0.6) is 0 Å². The van der Waals surface area contributed by atoms with Gasteiger partial charge >= 0.3 is 5.69 Å². The summed E-state index contributed by atoms with van der Waals surface area (Å²) in [4.78, 5) is 29.8. The van der Waals surface area contributed by atoms with Gasteiger partial charge in [-0.2, -0.15) is 4.98 Å². The van der Waals surface area contributed by atoms with Gasteiger partial charge in [0.05, 0.1) is 6.61 Å². The maximum atomic E-state index is 13.2. The predicted molar refractivity (Wildman–Crippen MR) is 158 cm³/mol. The van der Waals surface area contributed by atoms with Crippen molar-refractivity contribution >= 4 is 28.4 Å². The quantitative estimate of drug-likeness (QED) is 0.418. The van der Waals surface area contributed by atoms with Crippen molar-refractivity contribution in [1.82, 2.24) is 9.55 Å². The second-order valence-corrected chi connectivity index (χ2v) is 22.9. The second-order valence-electron chi connectivity index (χ2n) is 13.3. The summed E-state index contributed by atoms with van der Waals surface area (Å²) in [6.45, 7) is 21.5. The summed E-state index contributed by atoms with van der Waals surface area (Å²) < 4.78 is 20.6. The van der Waals surface area contributed by atoms with Gasteiger partial charge in [0, 0.05) is 11.8 Å². The van der Waals surface area contributed by atoms with Crippen molar-refractivity contribution in [2.75, 3.05) is 11.9 Å². The molecule has 1 amide bonds. The monoisotopic (exact) mass is 575 g/mol. The van der Waals surface area contributed by atoms with Gasteiger partial charge < -0.3 is 24.0 Å². The van der Waals surface area contributed by atoms with Crippen LogP contribution in [0.2, 0.25) is 36.3 Å². The van der Waals surface area contributed by atoms with Crippen LogP contribution >= 0.6 is 0 Å². The first kappa shape index (κ1) is 31.4.